The summed E-state index contributed by atoms with van der Waals surface area (Å²) in [6.07, 6.45) is 0. The summed E-state index contributed by atoms with van der Waals surface area (Å²) >= 11 is 0. The highest BCUT2D eigenvalue weighted by Gasteiger charge is 2.26. The lowest BCUT2D eigenvalue weighted by molar-refractivity contribution is -0.601. The van der Waals surface area contributed by atoms with Gasteiger partial charge in [-0.2, -0.15) is 0 Å². The second kappa shape index (κ2) is 8.63. The van der Waals surface area contributed by atoms with Crippen LogP contribution < -0.4 is 17.7 Å². The summed E-state index contributed by atoms with van der Waals surface area (Å²) in [5.41, 5.74) is 2.80. The van der Waals surface area contributed by atoms with Crippen molar-refractivity contribution in [1.29, 1.82) is 0 Å². The van der Waals surface area contributed by atoms with Gasteiger partial charge >= 0.3 is 0 Å². The Bertz CT molecular complexity index is 1030. The van der Waals surface area contributed by atoms with Gasteiger partial charge in [-0.1, -0.05) is 84.9 Å². The number of nitrogens with two attached hydrogens (primary N) is 1. The van der Waals surface area contributed by atoms with Crippen LogP contribution in [0.1, 0.15) is 22.0 Å². The predicted molar refractivity (Wildman–Crippen MR) is 105 cm³/mol. The number of halogens is 1. The van der Waals surface area contributed by atoms with Gasteiger partial charge in [-0.05, 0) is 22.9 Å². The maximum absolute atomic E-state index is 13.2. The van der Waals surface area contributed by atoms with Gasteiger partial charge in [-0.3, -0.25) is 4.79 Å². The summed E-state index contributed by atoms with van der Waals surface area (Å²) < 4.78 is 0. The second-order valence-corrected chi connectivity index (χ2v) is 6.39. The normalized spacial score (nSPS) is 11.6. The Morgan fingerprint density at radius 1 is 0.667 bits per heavy atom. The van der Waals surface area contributed by atoms with Crippen LogP contribution in [-0.2, 0) is 0 Å². The quantitative estimate of drug-likeness (QED) is 0.419. The Kier molecular flexibility index (Phi) is 6.02. The van der Waals surface area contributed by atoms with E-state index in [1.807, 2.05) is 72.8 Å². The molecule has 0 spiro atoms. The monoisotopic (exact) mass is 373 g/mol. The number of benzene rings is 4. The van der Waals surface area contributed by atoms with Crippen LogP contribution in [0.25, 0.3) is 10.8 Å². The van der Waals surface area contributed by atoms with Gasteiger partial charge in [0.15, 0.2) is 6.04 Å². The van der Waals surface area contributed by atoms with Crippen LogP contribution in [0.4, 0.5) is 5.69 Å². The predicted octanol–water partition coefficient (Wildman–Crippen LogP) is 1.66. The van der Waals surface area contributed by atoms with Crippen LogP contribution in [0.3, 0.4) is 0 Å². The molecule has 0 aliphatic heterocycles. The number of fused-ring (bicyclic) bond motifs is 1. The molecule has 0 amide bonds. The van der Waals surface area contributed by atoms with E-state index in [0.29, 0.717) is 0 Å². The minimum absolute atomic E-state index is 0. The summed E-state index contributed by atoms with van der Waals surface area (Å²) in [5, 5.41) is 4.45. The summed E-state index contributed by atoms with van der Waals surface area (Å²) in [7, 11) is 0. The minimum Gasteiger partial charge on any atom is -1.00 e. The molecule has 0 saturated carbocycles. The molecule has 0 saturated heterocycles. The maximum Gasteiger partial charge on any atom is 0.225 e. The van der Waals surface area contributed by atoms with Gasteiger partial charge in [0.2, 0.25) is 5.78 Å². The standard InChI is InChI=1S/C24H19NO.ClH/c26-24(20-12-5-2-6-13-20)23(19-10-3-1-4-11-19)25-22-16-15-18-9-7-8-14-21(18)17-22;/h1-17,23,25H;1H. The van der Waals surface area contributed by atoms with Crippen molar-refractivity contribution in [2.75, 3.05) is 0 Å². The molecule has 27 heavy (non-hydrogen) atoms. The second-order valence-electron chi connectivity index (χ2n) is 6.39. The first-order valence-corrected chi connectivity index (χ1v) is 8.79. The molecule has 0 bridgehead atoms. The molecule has 0 fully saturated rings. The molecule has 2 N–H and O–H groups in total. The summed E-state index contributed by atoms with van der Waals surface area (Å²) in [6, 6.07) is 33.8. The zero-order valence-corrected chi connectivity index (χ0v) is 15.5. The zero-order chi connectivity index (χ0) is 17.8. The first-order valence-electron chi connectivity index (χ1n) is 8.79. The number of quaternary nitrogens is 1. The number of hydrogen-bond acceptors (Lipinski definition) is 1. The SMILES string of the molecule is O=C(c1ccccc1)C([NH2+]c1ccc2ccccc2c1)c1ccccc1.[Cl-]. The number of Topliss-reactive ketones (excluding diaryl/α,β-unsaturated/α-hetero) is 1. The molecule has 0 aliphatic carbocycles. The molecule has 0 aliphatic rings. The van der Waals surface area contributed by atoms with E-state index in [1.165, 1.54) is 10.8 Å². The van der Waals surface area contributed by atoms with Gasteiger partial charge < -0.3 is 17.7 Å². The molecule has 3 heteroatoms. The molecule has 4 aromatic rings. The molecule has 4 aromatic carbocycles. The van der Waals surface area contributed by atoms with E-state index in [0.717, 1.165) is 16.8 Å². The van der Waals surface area contributed by atoms with E-state index in [2.05, 4.69) is 35.6 Å². The van der Waals surface area contributed by atoms with E-state index in [9.17, 15) is 4.79 Å². The van der Waals surface area contributed by atoms with Gasteiger partial charge in [0.1, 0.15) is 5.69 Å². The van der Waals surface area contributed by atoms with Gasteiger partial charge in [-0.25, -0.2) is 0 Å². The van der Waals surface area contributed by atoms with Crippen LogP contribution in [0.2, 0.25) is 0 Å². The van der Waals surface area contributed by atoms with Crippen molar-refractivity contribution in [3.05, 3.63) is 114 Å². The third kappa shape index (κ3) is 4.25. The highest BCUT2D eigenvalue weighted by Crippen LogP contribution is 2.20. The van der Waals surface area contributed by atoms with Gasteiger partial charge in [0, 0.05) is 17.2 Å². The van der Waals surface area contributed by atoms with Crippen molar-refractivity contribution in [3.8, 4) is 0 Å². The number of hydrogen-bond donors (Lipinski definition) is 1. The van der Waals surface area contributed by atoms with E-state index >= 15 is 0 Å². The molecule has 0 aromatic heterocycles. The Labute approximate surface area is 165 Å². The van der Waals surface area contributed by atoms with Crippen molar-refractivity contribution in [2.45, 2.75) is 6.04 Å². The van der Waals surface area contributed by atoms with E-state index in [-0.39, 0.29) is 24.2 Å². The van der Waals surface area contributed by atoms with E-state index in [1.54, 1.807) is 0 Å². The van der Waals surface area contributed by atoms with Gasteiger partial charge in [-0.15, -0.1) is 0 Å². The van der Waals surface area contributed by atoms with Crippen molar-refractivity contribution < 1.29 is 22.5 Å². The molecule has 1 atom stereocenters. The Balaban J connectivity index is 0.00000210. The average Bonchev–Trinajstić information content (AvgIpc) is 2.73. The van der Waals surface area contributed by atoms with Crippen LogP contribution >= 0.6 is 0 Å². The van der Waals surface area contributed by atoms with Crippen LogP contribution in [0.15, 0.2) is 103 Å². The molecular formula is C24H20ClNO. The number of carbonyl (C=O) groups excluding carboxylic acids is 1. The molecule has 0 radical (unpaired) electrons. The summed E-state index contributed by atoms with van der Waals surface area (Å²) in [4.78, 5) is 13.2. The fourth-order valence-corrected chi connectivity index (χ4v) is 3.27. The molecule has 4 rings (SSSR count). The zero-order valence-electron chi connectivity index (χ0n) is 14.8. The highest BCUT2D eigenvalue weighted by atomic mass is 35.5. The topological polar surface area (TPSA) is 33.7 Å². The summed E-state index contributed by atoms with van der Waals surface area (Å²) in [5.74, 6) is 0.116. The van der Waals surface area contributed by atoms with Gasteiger partial charge in [0.25, 0.3) is 0 Å². The Hall–Kier alpha value is -2.94. The van der Waals surface area contributed by atoms with Crippen LogP contribution in [-0.4, -0.2) is 5.78 Å². The smallest absolute Gasteiger partial charge is 0.225 e. The molecule has 1 unspecified atom stereocenters. The lowest BCUT2D eigenvalue weighted by Gasteiger charge is -2.15. The van der Waals surface area contributed by atoms with Crippen LogP contribution in [0.5, 0.6) is 0 Å². The number of carbonyl (C=O) groups is 1. The van der Waals surface area contributed by atoms with Gasteiger partial charge in [0.05, 0.1) is 0 Å². The third-order valence-corrected chi connectivity index (χ3v) is 4.63. The van der Waals surface area contributed by atoms with Crippen molar-refractivity contribution >= 4 is 22.2 Å². The number of rotatable bonds is 5. The number of ketones is 1. The largest absolute Gasteiger partial charge is 1.00 e. The highest BCUT2D eigenvalue weighted by molar-refractivity contribution is 5.99. The fraction of sp³-hybridized carbons (Fsp3) is 0.0417. The van der Waals surface area contributed by atoms with E-state index < -0.39 is 0 Å². The van der Waals surface area contributed by atoms with Crippen molar-refractivity contribution in [1.82, 2.24) is 0 Å². The van der Waals surface area contributed by atoms with Crippen LogP contribution in [0, 0.1) is 0 Å². The fourth-order valence-electron chi connectivity index (χ4n) is 3.27. The lowest BCUT2D eigenvalue weighted by Crippen LogP contribution is -3.00. The first-order chi connectivity index (χ1) is 12.8. The molecular weight excluding hydrogens is 354 g/mol. The van der Waals surface area contributed by atoms with E-state index in [4.69, 9.17) is 0 Å². The Morgan fingerprint density at radius 2 is 1.26 bits per heavy atom. The Morgan fingerprint density at radius 3 is 1.96 bits per heavy atom. The molecule has 2 nitrogen and oxygen atoms in total. The summed E-state index contributed by atoms with van der Waals surface area (Å²) in [6.45, 7) is 0. The first kappa shape index (κ1) is 18.8. The van der Waals surface area contributed by atoms with Crippen molar-refractivity contribution in [3.63, 3.8) is 0 Å². The molecule has 134 valence electrons. The minimum atomic E-state index is -0.306. The molecule has 0 heterocycles. The van der Waals surface area contributed by atoms with Crippen molar-refractivity contribution in [2.24, 2.45) is 0 Å². The maximum atomic E-state index is 13.2. The third-order valence-electron chi connectivity index (χ3n) is 4.63. The lowest BCUT2D eigenvalue weighted by atomic mass is 9.97. The average molecular weight is 374 g/mol.